The second-order valence-electron chi connectivity index (χ2n) is 9.85. The molecule has 0 radical (unpaired) electrons. The molecular formula is C25H40O7. The van der Waals surface area contributed by atoms with Crippen LogP contribution in [0.15, 0.2) is 11.6 Å². The maximum atomic E-state index is 13.5. The summed E-state index contributed by atoms with van der Waals surface area (Å²) in [4.78, 5) is 25.3. The number of aliphatic hydroxyl groups is 3. The quantitative estimate of drug-likeness (QED) is 0.414. The van der Waals surface area contributed by atoms with Crippen molar-refractivity contribution in [1.82, 2.24) is 0 Å². The first-order chi connectivity index (χ1) is 17.4. The van der Waals surface area contributed by atoms with Gasteiger partial charge >= 0.3 is 11.9 Å². The minimum Gasteiger partial charge on any atom is -0.462 e. The first kappa shape index (κ1) is 18.0. The molecule has 0 aromatic carbocycles. The van der Waals surface area contributed by atoms with Gasteiger partial charge in [0.2, 0.25) is 0 Å². The lowest BCUT2D eigenvalue weighted by molar-refractivity contribution is -0.169. The number of hydrogen-bond acceptors (Lipinski definition) is 7. The molecule has 182 valence electrons. The lowest BCUT2D eigenvalue weighted by atomic mass is 9.61. The Hall–Kier alpha value is -1.44. The van der Waals surface area contributed by atoms with Gasteiger partial charge in [-0.2, -0.15) is 0 Å². The highest BCUT2D eigenvalue weighted by Crippen LogP contribution is 2.48. The van der Waals surface area contributed by atoms with E-state index < -0.39 is 79.8 Å². The normalized spacial score (nSPS) is 43.8. The van der Waals surface area contributed by atoms with Gasteiger partial charge in [-0.15, -0.1) is 0 Å². The van der Waals surface area contributed by atoms with E-state index >= 15 is 0 Å². The summed E-state index contributed by atoms with van der Waals surface area (Å²) in [7, 11) is 0. The molecule has 0 aromatic heterocycles. The van der Waals surface area contributed by atoms with Crippen molar-refractivity contribution in [2.24, 2.45) is 29.1 Å². The Kier molecular flexibility index (Phi) is 5.51. The molecule has 32 heavy (non-hydrogen) atoms. The monoisotopic (exact) mass is 458 g/mol. The van der Waals surface area contributed by atoms with E-state index in [1.807, 2.05) is 6.92 Å². The van der Waals surface area contributed by atoms with Gasteiger partial charge in [0.1, 0.15) is 12.2 Å². The summed E-state index contributed by atoms with van der Waals surface area (Å²) in [6, 6.07) is 0. The fourth-order valence-electron chi connectivity index (χ4n) is 5.41. The minimum absolute atomic E-state index is 0.0706. The van der Waals surface area contributed by atoms with Gasteiger partial charge in [-0.05, 0) is 62.7 Å². The van der Waals surface area contributed by atoms with Crippen LogP contribution in [0.4, 0.5) is 0 Å². The van der Waals surface area contributed by atoms with Crippen molar-refractivity contribution in [3.63, 3.8) is 0 Å². The molecular weight excluding hydrogens is 412 g/mol. The van der Waals surface area contributed by atoms with Crippen LogP contribution in [0.5, 0.6) is 0 Å². The molecule has 0 spiro atoms. The highest BCUT2D eigenvalue weighted by Gasteiger charge is 2.49. The molecule has 7 nitrogen and oxygen atoms in total. The van der Waals surface area contributed by atoms with Crippen LogP contribution in [0.25, 0.3) is 0 Å². The van der Waals surface area contributed by atoms with Crippen molar-refractivity contribution in [3.8, 4) is 0 Å². The van der Waals surface area contributed by atoms with Gasteiger partial charge in [0.25, 0.3) is 0 Å². The molecule has 2 aliphatic carbocycles. The fraction of sp³-hybridized carbons (Fsp3) is 0.840. The molecule has 1 saturated carbocycles. The SMILES string of the molecule is [2H]C([2H])([2H])C(CC)(C(=O)O[C@H]1C[C@@H](C)C(O)C2=CC(O)[C@H](C)[C@H](CC[C@@H]3C[C@@H](O)CC(=O)O3)[C@H]21)C([2H])([2H])[2H]. The molecule has 3 rings (SSSR count). The summed E-state index contributed by atoms with van der Waals surface area (Å²) in [5.41, 5.74) is -2.24. The molecule has 3 N–H and O–H groups in total. The van der Waals surface area contributed by atoms with Crippen molar-refractivity contribution in [1.29, 1.82) is 0 Å². The van der Waals surface area contributed by atoms with Crippen LogP contribution in [0.2, 0.25) is 0 Å². The summed E-state index contributed by atoms with van der Waals surface area (Å²) in [5, 5.41) is 31.8. The van der Waals surface area contributed by atoms with Crippen LogP contribution in [0, 0.1) is 29.1 Å². The average molecular weight is 459 g/mol. The van der Waals surface area contributed by atoms with Crippen LogP contribution in [0.3, 0.4) is 0 Å². The van der Waals surface area contributed by atoms with E-state index in [1.165, 1.54) is 6.92 Å². The topological polar surface area (TPSA) is 113 Å². The van der Waals surface area contributed by atoms with E-state index in [0.29, 0.717) is 18.4 Å². The number of hydrogen-bond donors (Lipinski definition) is 3. The number of carbonyl (C=O) groups excluding carboxylic acids is 2. The van der Waals surface area contributed by atoms with Gasteiger partial charge < -0.3 is 24.8 Å². The number of ether oxygens (including phenoxy) is 2. The van der Waals surface area contributed by atoms with Gasteiger partial charge in [0, 0.05) is 20.6 Å². The lowest BCUT2D eigenvalue weighted by Gasteiger charge is -2.49. The summed E-state index contributed by atoms with van der Waals surface area (Å²) >= 11 is 0. The lowest BCUT2D eigenvalue weighted by Crippen LogP contribution is -2.51. The number of carbonyl (C=O) groups is 2. The zero-order valence-corrected chi connectivity index (χ0v) is 19.0. The first-order valence-corrected chi connectivity index (χ1v) is 11.6. The predicted molar refractivity (Wildman–Crippen MR) is 118 cm³/mol. The Morgan fingerprint density at radius 3 is 2.59 bits per heavy atom. The molecule has 1 heterocycles. The van der Waals surface area contributed by atoms with Crippen molar-refractivity contribution in [2.75, 3.05) is 0 Å². The van der Waals surface area contributed by atoms with Crippen molar-refractivity contribution >= 4 is 11.9 Å². The molecule has 9 atom stereocenters. The number of aliphatic hydroxyl groups excluding tert-OH is 3. The standard InChI is InChI=1S/C25H40O7/c1-6-25(4,5)24(30)32-20-9-13(2)23(29)18-12-19(27)14(3)17(22(18)20)8-7-16-10-15(26)11-21(28)31-16/h12-17,19-20,22-23,26-27,29H,6-11H2,1-5H3/t13-,14-,15-,16-,17+,19?,20+,22-,23?/m1/s1/i4D3,5D3. The Labute approximate surface area is 199 Å². The number of fused-ring (bicyclic) bond motifs is 1. The molecule has 2 fully saturated rings. The first-order valence-electron chi connectivity index (χ1n) is 14.6. The van der Waals surface area contributed by atoms with Crippen LogP contribution in [0.1, 0.15) is 81.2 Å². The van der Waals surface area contributed by atoms with Gasteiger partial charge in [-0.1, -0.05) is 26.8 Å². The fourth-order valence-corrected chi connectivity index (χ4v) is 5.41. The van der Waals surface area contributed by atoms with Crippen LogP contribution in [-0.2, 0) is 19.1 Å². The van der Waals surface area contributed by atoms with E-state index in [4.69, 9.17) is 17.7 Å². The van der Waals surface area contributed by atoms with Crippen molar-refractivity contribution in [2.45, 2.75) is 104 Å². The van der Waals surface area contributed by atoms with E-state index in [-0.39, 0.29) is 31.1 Å². The Morgan fingerprint density at radius 1 is 1.25 bits per heavy atom. The van der Waals surface area contributed by atoms with Gasteiger partial charge in [-0.3, -0.25) is 9.59 Å². The molecule has 3 aliphatic rings. The molecule has 2 unspecified atom stereocenters. The summed E-state index contributed by atoms with van der Waals surface area (Å²) in [6.07, 6.45) is -1.89. The average Bonchev–Trinajstić information content (AvgIpc) is 2.76. The molecule has 0 aromatic rings. The third-order valence-electron chi connectivity index (χ3n) is 7.50. The number of esters is 2. The zero-order chi connectivity index (χ0) is 28.8. The van der Waals surface area contributed by atoms with E-state index in [1.54, 1.807) is 13.0 Å². The third kappa shape index (κ3) is 5.20. The minimum atomic E-state index is -3.15. The molecule has 0 amide bonds. The second kappa shape index (κ2) is 9.82. The van der Waals surface area contributed by atoms with Crippen LogP contribution < -0.4 is 0 Å². The largest absolute Gasteiger partial charge is 0.462 e. The molecule has 1 saturated heterocycles. The smallest absolute Gasteiger partial charge is 0.311 e. The van der Waals surface area contributed by atoms with Gasteiger partial charge in [0.05, 0.1) is 30.1 Å². The summed E-state index contributed by atoms with van der Waals surface area (Å²) in [5.74, 6) is -3.53. The predicted octanol–water partition coefficient (Wildman–Crippen LogP) is 2.75. The third-order valence-corrected chi connectivity index (χ3v) is 7.50. The van der Waals surface area contributed by atoms with E-state index in [9.17, 15) is 24.9 Å². The zero-order valence-electron chi connectivity index (χ0n) is 25.0. The Balaban J connectivity index is 1.95. The van der Waals surface area contributed by atoms with Crippen LogP contribution in [-0.4, -0.2) is 57.8 Å². The van der Waals surface area contributed by atoms with Gasteiger partial charge in [-0.25, -0.2) is 0 Å². The highest BCUT2D eigenvalue weighted by molar-refractivity contribution is 5.76. The molecule has 7 heteroatoms. The van der Waals surface area contributed by atoms with E-state index in [2.05, 4.69) is 0 Å². The van der Waals surface area contributed by atoms with Gasteiger partial charge in [0.15, 0.2) is 0 Å². The maximum Gasteiger partial charge on any atom is 0.311 e. The number of cyclic esters (lactones) is 1. The molecule has 1 aliphatic heterocycles. The number of rotatable bonds is 6. The molecule has 0 bridgehead atoms. The highest BCUT2D eigenvalue weighted by atomic mass is 16.6. The Bertz CT molecular complexity index is 903. The van der Waals surface area contributed by atoms with Crippen molar-refractivity contribution < 1.29 is 42.6 Å². The van der Waals surface area contributed by atoms with Crippen molar-refractivity contribution in [3.05, 3.63) is 11.6 Å². The maximum absolute atomic E-state index is 13.5. The second-order valence-corrected chi connectivity index (χ2v) is 9.85. The van der Waals surface area contributed by atoms with E-state index in [0.717, 1.165) is 0 Å². The summed E-state index contributed by atoms with van der Waals surface area (Å²) in [6.45, 7) is -1.41. The van der Waals surface area contributed by atoms with Crippen LogP contribution >= 0.6 is 0 Å². The Morgan fingerprint density at radius 2 is 1.97 bits per heavy atom. The summed E-state index contributed by atoms with van der Waals surface area (Å²) < 4.78 is 58.8.